The van der Waals surface area contributed by atoms with Crippen LogP contribution in [0.5, 0.6) is 0 Å². The van der Waals surface area contributed by atoms with Crippen LogP contribution < -0.4 is 28.7 Å². The minimum atomic E-state index is -1.45. The van der Waals surface area contributed by atoms with E-state index >= 15 is 0 Å². The third-order valence-electron chi connectivity index (χ3n) is 6.24. The summed E-state index contributed by atoms with van der Waals surface area (Å²) in [6.45, 7) is -0.606. The molecule has 14 nitrogen and oxygen atoms in total. The summed E-state index contributed by atoms with van der Waals surface area (Å²) >= 11 is 0. The molecule has 0 aromatic heterocycles. The fourth-order valence-corrected chi connectivity index (χ4v) is 4.30. The lowest BCUT2D eigenvalue weighted by atomic mass is 9.84. The molecule has 3 rings (SSSR count). The maximum absolute atomic E-state index is 11.9. The number of ether oxygens (including phenoxy) is 4. The molecule has 14 heteroatoms. The van der Waals surface area contributed by atoms with Crippen molar-refractivity contribution in [1.29, 1.82) is 0 Å². The third-order valence-corrected chi connectivity index (χ3v) is 6.24. The highest BCUT2D eigenvalue weighted by molar-refractivity contribution is 5.84. The van der Waals surface area contributed by atoms with Crippen LogP contribution in [0, 0.1) is 0 Å². The van der Waals surface area contributed by atoms with E-state index in [9.17, 15) is 25.2 Å². The zero-order valence-electron chi connectivity index (χ0n) is 17.6. The fourth-order valence-electron chi connectivity index (χ4n) is 4.30. The zero-order valence-corrected chi connectivity index (χ0v) is 17.6. The predicted molar refractivity (Wildman–Crippen MR) is 107 cm³/mol. The van der Waals surface area contributed by atoms with E-state index in [0.717, 1.165) is 0 Å². The van der Waals surface area contributed by atoms with Crippen molar-refractivity contribution in [2.24, 2.45) is 28.7 Å². The summed E-state index contributed by atoms with van der Waals surface area (Å²) < 4.78 is 22.6. The van der Waals surface area contributed by atoms with Crippen molar-refractivity contribution in [1.82, 2.24) is 0 Å². The number of Topliss-reactive ketones (excluding diaryl/α,β-unsaturated/α-hetero) is 1. The van der Waals surface area contributed by atoms with Gasteiger partial charge in [0.15, 0.2) is 18.4 Å². The van der Waals surface area contributed by atoms with Gasteiger partial charge in [0.1, 0.15) is 42.7 Å². The summed E-state index contributed by atoms with van der Waals surface area (Å²) in [5.41, 5.74) is 29.6. The lowest BCUT2D eigenvalue weighted by Gasteiger charge is -2.47. The van der Waals surface area contributed by atoms with Crippen LogP contribution >= 0.6 is 0 Å². The Morgan fingerprint density at radius 2 is 1.47 bits per heavy atom. The van der Waals surface area contributed by atoms with Crippen LogP contribution in [0.15, 0.2) is 0 Å². The predicted octanol–water partition coefficient (Wildman–Crippen LogP) is -6.09. The topological polar surface area (TPSA) is 265 Å². The zero-order chi connectivity index (χ0) is 23.7. The number of aliphatic hydroxyl groups is 4. The van der Waals surface area contributed by atoms with Crippen molar-refractivity contribution in [3.05, 3.63) is 0 Å². The van der Waals surface area contributed by atoms with E-state index in [1.54, 1.807) is 0 Å². The minimum Gasteiger partial charge on any atom is -0.394 e. The number of hydrogen-bond acceptors (Lipinski definition) is 14. The van der Waals surface area contributed by atoms with Crippen molar-refractivity contribution in [2.75, 3.05) is 13.2 Å². The molecule has 0 spiro atoms. The van der Waals surface area contributed by atoms with Crippen molar-refractivity contribution >= 4 is 5.78 Å². The molecular formula is C18H35N5O9. The first-order chi connectivity index (χ1) is 15.1. The van der Waals surface area contributed by atoms with Gasteiger partial charge in [-0.15, -0.1) is 0 Å². The maximum Gasteiger partial charge on any atom is 0.186 e. The van der Waals surface area contributed by atoms with Crippen LogP contribution in [0.3, 0.4) is 0 Å². The Morgan fingerprint density at radius 1 is 0.875 bits per heavy atom. The number of aliphatic hydroxyl groups excluding tert-OH is 4. The van der Waals surface area contributed by atoms with Crippen LogP contribution in [-0.4, -0.2) is 119 Å². The van der Waals surface area contributed by atoms with Crippen LogP contribution in [0.2, 0.25) is 0 Å². The van der Waals surface area contributed by atoms with Gasteiger partial charge in [-0.25, -0.2) is 0 Å². The van der Waals surface area contributed by atoms with Crippen molar-refractivity contribution in [3.8, 4) is 0 Å². The Bertz CT molecular complexity index is 646. The Morgan fingerprint density at radius 3 is 2.03 bits per heavy atom. The largest absolute Gasteiger partial charge is 0.394 e. The highest BCUT2D eigenvalue weighted by Gasteiger charge is 2.50. The number of ketones is 1. The van der Waals surface area contributed by atoms with Gasteiger partial charge in [0, 0.05) is 25.0 Å². The molecule has 0 bridgehead atoms. The van der Waals surface area contributed by atoms with Gasteiger partial charge in [0.05, 0.1) is 18.7 Å². The molecule has 1 saturated carbocycles. The third kappa shape index (κ3) is 5.12. The number of nitrogens with two attached hydrogens (primary N) is 5. The Kier molecular flexibility index (Phi) is 8.54. The van der Waals surface area contributed by atoms with Gasteiger partial charge in [-0.1, -0.05) is 0 Å². The van der Waals surface area contributed by atoms with Gasteiger partial charge < -0.3 is 68.0 Å². The van der Waals surface area contributed by atoms with E-state index in [1.165, 1.54) is 0 Å². The highest BCUT2D eigenvalue weighted by atomic mass is 16.7. The van der Waals surface area contributed by atoms with E-state index in [2.05, 4.69) is 0 Å². The number of hydrogen-bond donors (Lipinski definition) is 9. The SMILES string of the molecule is NC[C@H]1O[C@H](O[C@H]2[C@H](O)[C@@H](O[C@H]3O[C@H](CO)[C@@H](O)[C@H](N)[C@H]3O)[C@H](N)C[C@@H]2N)[C@H](N)CC1=O. The standard InChI is InChI=1S/C18H35N5O9/c19-3-9-8(25)2-7(22)17(29-9)31-15-5(20)1-6(21)16(14(15)28)32-18-13(27)11(23)12(26)10(4-24)30-18/h5-7,9-18,24,26-28H,1-4,19-23H2/t5-,6+,7+,9+,10+,11-,12+,13+,14-,15+,16-,17+,18+/m0/s1. The molecular weight excluding hydrogens is 430 g/mol. The summed E-state index contributed by atoms with van der Waals surface area (Å²) in [7, 11) is 0. The van der Waals surface area contributed by atoms with Gasteiger partial charge in [-0.2, -0.15) is 0 Å². The molecule has 2 aliphatic heterocycles. The molecule has 14 N–H and O–H groups in total. The molecule has 0 unspecified atom stereocenters. The van der Waals surface area contributed by atoms with E-state index in [1.807, 2.05) is 0 Å². The summed E-state index contributed by atoms with van der Waals surface area (Å²) in [5, 5.41) is 40.7. The van der Waals surface area contributed by atoms with Gasteiger partial charge in [-0.05, 0) is 6.42 Å². The number of carbonyl (C=O) groups is 1. The summed E-state index contributed by atoms with van der Waals surface area (Å²) in [6, 6.07) is -3.41. The van der Waals surface area contributed by atoms with E-state index in [-0.39, 0.29) is 25.2 Å². The van der Waals surface area contributed by atoms with Crippen LogP contribution in [-0.2, 0) is 23.7 Å². The molecule has 32 heavy (non-hydrogen) atoms. The van der Waals surface area contributed by atoms with Crippen LogP contribution in [0.1, 0.15) is 12.8 Å². The van der Waals surface area contributed by atoms with Crippen LogP contribution in [0.4, 0.5) is 0 Å². The normalized spacial score (nSPS) is 50.4. The Labute approximate surface area is 184 Å². The second-order valence-electron chi connectivity index (χ2n) is 8.60. The molecule has 13 atom stereocenters. The summed E-state index contributed by atoms with van der Waals surface area (Å²) in [4.78, 5) is 11.9. The molecule has 0 radical (unpaired) electrons. The first-order valence-electron chi connectivity index (χ1n) is 10.6. The van der Waals surface area contributed by atoms with Gasteiger partial charge in [0.25, 0.3) is 0 Å². The van der Waals surface area contributed by atoms with E-state index < -0.39 is 86.1 Å². The lowest BCUT2D eigenvalue weighted by Crippen LogP contribution is -2.68. The molecule has 1 aliphatic carbocycles. The lowest BCUT2D eigenvalue weighted by molar-refractivity contribution is -0.312. The molecule has 2 heterocycles. The average Bonchev–Trinajstić information content (AvgIpc) is 2.75. The minimum absolute atomic E-state index is 0.00506. The molecule has 3 aliphatic rings. The molecule has 2 saturated heterocycles. The number of carbonyl (C=O) groups excluding carboxylic acids is 1. The quantitative estimate of drug-likeness (QED) is 0.177. The smallest absolute Gasteiger partial charge is 0.186 e. The van der Waals surface area contributed by atoms with Gasteiger partial charge in [-0.3, -0.25) is 4.79 Å². The van der Waals surface area contributed by atoms with Gasteiger partial charge in [0.2, 0.25) is 0 Å². The van der Waals surface area contributed by atoms with Crippen molar-refractivity contribution in [3.63, 3.8) is 0 Å². The second-order valence-corrected chi connectivity index (χ2v) is 8.60. The van der Waals surface area contributed by atoms with Crippen molar-refractivity contribution < 1.29 is 44.2 Å². The Hall–Kier alpha value is -0.850. The summed E-state index contributed by atoms with van der Waals surface area (Å²) in [6.07, 6.45) is -10.5. The van der Waals surface area contributed by atoms with Crippen molar-refractivity contribution in [2.45, 2.75) is 92.3 Å². The number of rotatable bonds is 6. The molecule has 186 valence electrons. The first kappa shape index (κ1) is 25.8. The second kappa shape index (κ2) is 10.6. The average molecular weight is 466 g/mol. The van der Waals surface area contributed by atoms with Gasteiger partial charge >= 0.3 is 0 Å². The molecule has 0 aromatic carbocycles. The monoisotopic (exact) mass is 465 g/mol. The molecule has 3 fully saturated rings. The molecule has 0 amide bonds. The van der Waals surface area contributed by atoms with Crippen LogP contribution in [0.25, 0.3) is 0 Å². The van der Waals surface area contributed by atoms with E-state index in [4.69, 9.17) is 47.6 Å². The fraction of sp³-hybridized carbons (Fsp3) is 0.944. The molecule has 0 aromatic rings. The maximum atomic E-state index is 11.9. The summed E-state index contributed by atoms with van der Waals surface area (Å²) in [5.74, 6) is -0.239. The Balaban J connectivity index is 1.71. The first-order valence-corrected chi connectivity index (χ1v) is 10.6. The van der Waals surface area contributed by atoms with E-state index in [0.29, 0.717) is 0 Å². The highest BCUT2D eigenvalue weighted by Crippen LogP contribution is 2.30.